The van der Waals surface area contributed by atoms with Crippen LogP contribution in [0.5, 0.6) is 0 Å². The van der Waals surface area contributed by atoms with Gasteiger partial charge in [-0.2, -0.15) is 0 Å². The molecule has 3 aliphatic rings. The smallest absolute Gasteiger partial charge is 0.252 e. The first kappa shape index (κ1) is 18.0. The Labute approximate surface area is 158 Å². The van der Waals surface area contributed by atoms with E-state index in [4.69, 9.17) is 4.43 Å². The number of benzene rings is 1. The molecule has 2 aliphatic carbocycles. The molecule has 2 fully saturated rings. The summed E-state index contributed by atoms with van der Waals surface area (Å²) in [5, 5.41) is 3.43. The molecule has 26 heavy (non-hydrogen) atoms. The van der Waals surface area contributed by atoms with Gasteiger partial charge in [-0.15, -0.1) is 0 Å². The summed E-state index contributed by atoms with van der Waals surface area (Å²) in [6, 6.07) is 8.17. The van der Waals surface area contributed by atoms with Crippen LogP contribution in [0.3, 0.4) is 0 Å². The molecule has 4 heteroatoms. The molecule has 3 nitrogen and oxygen atoms in total. The molecule has 140 valence electrons. The molecule has 4 atom stereocenters. The van der Waals surface area contributed by atoms with Gasteiger partial charge in [-0.05, 0) is 54.1 Å². The van der Waals surface area contributed by atoms with Crippen LogP contribution in [0.25, 0.3) is 0 Å². The monoisotopic (exact) mass is 369 g/mol. The van der Waals surface area contributed by atoms with Gasteiger partial charge in [-0.1, -0.05) is 52.0 Å². The lowest BCUT2D eigenvalue weighted by Crippen LogP contribution is -2.75. The lowest BCUT2D eigenvalue weighted by atomic mass is 9.43. The zero-order valence-corrected chi connectivity index (χ0v) is 17.7. The fraction of sp³-hybridized carbons (Fsp3) is 0.591. The lowest BCUT2D eigenvalue weighted by Gasteiger charge is -2.66. The Kier molecular flexibility index (Phi) is 3.84. The number of nitrogens with one attached hydrogen (secondary N) is 1. The van der Waals surface area contributed by atoms with Crippen molar-refractivity contribution in [3.8, 4) is 0 Å². The minimum absolute atomic E-state index is 0.0185. The van der Waals surface area contributed by atoms with Gasteiger partial charge in [0.05, 0.1) is 17.6 Å². The van der Waals surface area contributed by atoms with Gasteiger partial charge >= 0.3 is 0 Å². The van der Waals surface area contributed by atoms with Gasteiger partial charge in [0.1, 0.15) is 0 Å². The highest BCUT2D eigenvalue weighted by atomic mass is 28.4. The summed E-state index contributed by atoms with van der Waals surface area (Å²) in [6.07, 6.45) is 3.54. The van der Waals surface area contributed by atoms with E-state index in [1.54, 1.807) is 0 Å². The summed E-state index contributed by atoms with van der Waals surface area (Å²) in [4.78, 5) is 12.7. The highest BCUT2D eigenvalue weighted by Crippen LogP contribution is 2.62. The zero-order chi connectivity index (χ0) is 18.9. The summed E-state index contributed by atoms with van der Waals surface area (Å²) < 4.78 is 7.02. The molecule has 0 bridgehead atoms. The quantitative estimate of drug-likeness (QED) is 0.601. The minimum Gasteiger partial charge on any atom is -0.413 e. The molecule has 0 aromatic heterocycles. The van der Waals surface area contributed by atoms with E-state index < -0.39 is 8.32 Å². The third-order valence-corrected chi connectivity index (χ3v) is 12.0. The van der Waals surface area contributed by atoms with Gasteiger partial charge in [-0.3, -0.25) is 4.79 Å². The minimum atomic E-state index is -1.91. The van der Waals surface area contributed by atoms with Gasteiger partial charge in [0.15, 0.2) is 8.32 Å². The maximum atomic E-state index is 12.7. The summed E-state index contributed by atoms with van der Waals surface area (Å²) >= 11 is 0. The second-order valence-corrected chi connectivity index (χ2v) is 14.6. The SMILES string of the molecule is C=C1[C@H]2CCC[C@@H](O[Si](C)(C)C(C)(C)C)[C@]23c2ccccc2C(=O)N[C@H]13. The Hall–Kier alpha value is -1.39. The third kappa shape index (κ3) is 2.18. The van der Waals surface area contributed by atoms with Crippen molar-refractivity contribution in [1.29, 1.82) is 0 Å². The predicted molar refractivity (Wildman–Crippen MR) is 108 cm³/mol. The van der Waals surface area contributed by atoms with Crippen LogP contribution in [0, 0.1) is 5.92 Å². The highest BCUT2D eigenvalue weighted by Gasteiger charge is 2.67. The van der Waals surface area contributed by atoms with Gasteiger partial charge in [0.25, 0.3) is 5.91 Å². The molecule has 1 amide bonds. The standard InChI is InChI=1S/C22H31NO2Si/c1-14-16-12-9-13-18(25-26(5,6)21(2,3)4)22(16)17-11-8-7-10-15(17)20(24)23-19(14)22/h7-8,10-11,16,18-19H,1,9,12-13H2,2-6H3,(H,23,24)/t16-,18-,19-,22-/m1/s1. The summed E-state index contributed by atoms with van der Waals surface area (Å²) in [6.45, 7) is 15.9. The van der Waals surface area contributed by atoms with Crippen molar-refractivity contribution in [2.24, 2.45) is 5.92 Å². The highest BCUT2D eigenvalue weighted by molar-refractivity contribution is 6.74. The van der Waals surface area contributed by atoms with E-state index in [1.165, 1.54) is 17.6 Å². The third-order valence-electron chi connectivity index (χ3n) is 7.52. The Morgan fingerprint density at radius 1 is 1.23 bits per heavy atom. The van der Waals surface area contributed by atoms with E-state index in [2.05, 4.69) is 57.9 Å². The molecule has 0 saturated heterocycles. The summed E-state index contributed by atoms with van der Waals surface area (Å²) in [5.74, 6) is 0.449. The van der Waals surface area contributed by atoms with Crippen molar-refractivity contribution < 1.29 is 9.22 Å². The summed E-state index contributed by atoms with van der Waals surface area (Å²) in [7, 11) is -1.91. The van der Waals surface area contributed by atoms with Crippen LogP contribution in [-0.2, 0) is 9.84 Å². The number of hydrogen-bond acceptors (Lipinski definition) is 2. The second kappa shape index (κ2) is 5.55. The van der Waals surface area contributed by atoms with Crippen molar-refractivity contribution in [1.82, 2.24) is 5.32 Å². The topological polar surface area (TPSA) is 38.3 Å². The van der Waals surface area contributed by atoms with Gasteiger partial charge < -0.3 is 9.74 Å². The number of fused-ring (bicyclic) bond motifs is 1. The molecule has 4 rings (SSSR count). The van der Waals surface area contributed by atoms with E-state index in [0.717, 1.165) is 18.4 Å². The first-order chi connectivity index (χ1) is 12.1. The van der Waals surface area contributed by atoms with E-state index >= 15 is 0 Å². The average Bonchev–Trinajstić information content (AvgIpc) is 2.57. The molecule has 1 N–H and O–H groups in total. The fourth-order valence-electron chi connectivity index (χ4n) is 5.19. The Bertz CT molecular complexity index is 779. The van der Waals surface area contributed by atoms with E-state index in [0.29, 0.717) is 5.92 Å². The van der Waals surface area contributed by atoms with Gasteiger partial charge in [-0.25, -0.2) is 0 Å². The van der Waals surface area contributed by atoms with Crippen molar-refractivity contribution in [2.45, 2.75) is 75.7 Å². The maximum Gasteiger partial charge on any atom is 0.252 e. The first-order valence-electron chi connectivity index (χ1n) is 9.87. The second-order valence-electron chi connectivity index (χ2n) is 9.81. The number of amides is 1. The van der Waals surface area contributed by atoms with E-state index in [-0.39, 0.29) is 28.5 Å². The zero-order valence-electron chi connectivity index (χ0n) is 16.7. The lowest BCUT2D eigenvalue weighted by molar-refractivity contribution is -0.0387. The molecule has 1 heterocycles. The largest absolute Gasteiger partial charge is 0.413 e. The first-order valence-corrected chi connectivity index (χ1v) is 12.8. The van der Waals surface area contributed by atoms with Crippen LogP contribution in [-0.4, -0.2) is 26.4 Å². The summed E-state index contributed by atoms with van der Waals surface area (Å²) in [5.41, 5.74) is 3.08. The number of carbonyl (C=O) groups is 1. The van der Waals surface area contributed by atoms with Gasteiger partial charge in [0.2, 0.25) is 0 Å². The van der Waals surface area contributed by atoms with E-state index in [9.17, 15) is 4.79 Å². The Balaban J connectivity index is 1.84. The fourth-order valence-corrected chi connectivity index (χ4v) is 6.56. The van der Waals surface area contributed by atoms with Crippen molar-refractivity contribution >= 4 is 14.2 Å². The van der Waals surface area contributed by atoms with Crippen LogP contribution < -0.4 is 5.32 Å². The molecule has 0 unspecified atom stereocenters. The van der Waals surface area contributed by atoms with Crippen LogP contribution >= 0.6 is 0 Å². The molecule has 1 aliphatic heterocycles. The maximum absolute atomic E-state index is 12.7. The molecule has 1 aromatic carbocycles. The van der Waals surface area contributed by atoms with Crippen LogP contribution in [0.2, 0.25) is 18.1 Å². The number of rotatable bonds is 2. The van der Waals surface area contributed by atoms with Crippen molar-refractivity contribution in [2.75, 3.05) is 0 Å². The Morgan fingerprint density at radius 3 is 2.62 bits per heavy atom. The molecule has 1 aromatic rings. The molecule has 2 saturated carbocycles. The van der Waals surface area contributed by atoms with Crippen LogP contribution in [0.4, 0.5) is 0 Å². The molecule has 0 radical (unpaired) electrons. The van der Waals surface area contributed by atoms with Crippen LogP contribution in [0.1, 0.15) is 56.0 Å². The van der Waals surface area contributed by atoms with Crippen molar-refractivity contribution in [3.05, 3.63) is 47.5 Å². The molecule has 1 spiro atoms. The van der Waals surface area contributed by atoms with Crippen LogP contribution in [0.15, 0.2) is 36.4 Å². The average molecular weight is 370 g/mol. The molecular weight excluding hydrogens is 338 g/mol. The number of hydrogen-bond donors (Lipinski definition) is 1. The van der Waals surface area contributed by atoms with Crippen molar-refractivity contribution in [3.63, 3.8) is 0 Å². The molecular formula is C22H31NO2Si. The van der Waals surface area contributed by atoms with E-state index in [1.807, 2.05) is 12.1 Å². The number of carbonyl (C=O) groups excluding carboxylic acids is 1. The van der Waals surface area contributed by atoms with Gasteiger partial charge in [0, 0.05) is 5.56 Å². The Morgan fingerprint density at radius 2 is 1.92 bits per heavy atom. The normalized spacial score (nSPS) is 33.5. The predicted octanol–water partition coefficient (Wildman–Crippen LogP) is 4.80.